The van der Waals surface area contributed by atoms with Gasteiger partial charge in [-0.25, -0.2) is 4.98 Å². The van der Waals surface area contributed by atoms with E-state index in [2.05, 4.69) is 15.5 Å². The van der Waals surface area contributed by atoms with Crippen molar-refractivity contribution in [1.82, 2.24) is 10.3 Å². The molecule has 0 radical (unpaired) electrons. The van der Waals surface area contributed by atoms with Crippen molar-refractivity contribution in [2.45, 2.75) is 71.8 Å². The van der Waals surface area contributed by atoms with Gasteiger partial charge in [-0.2, -0.15) is 0 Å². The number of rotatable bonds is 5. The van der Waals surface area contributed by atoms with Crippen molar-refractivity contribution in [3.63, 3.8) is 0 Å². The zero-order valence-electron chi connectivity index (χ0n) is 14.4. The Morgan fingerprint density at radius 1 is 1.26 bits per heavy atom. The molecule has 0 aromatic carbocycles. The number of carbonyl (C=O) groups excluding carboxylic acids is 1. The zero-order valence-corrected chi connectivity index (χ0v) is 15.2. The fourth-order valence-electron chi connectivity index (χ4n) is 2.97. The lowest BCUT2D eigenvalue weighted by Gasteiger charge is -2.20. The number of amides is 1. The molecule has 1 aliphatic carbocycles. The van der Waals surface area contributed by atoms with Crippen LogP contribution in [0, 0.1) is 13.8 Å². The third-order valence-corrected chi connectivity index (χ3v) is 5.28. The second-order valence-corrected chi connectivity index (χ2v) is 7.41. The molecule has 1 aromatic rings. The molecule has 128 valence electrons. The Hall–Kier alpha value is -1.43. The van der Waals surface area contributed by atoms with Crippen LogP contribution in [0.4, 0.5) is 0 Å². The normalized spacial score (nSPS) is 17.4. The van der Waals surface area contributed by atoms with Crippen LogP contribution in [-0.2, 0) is 9.63 Å². The van der Waals surface area contributed by atoms with Gasteiger partial charge in [-0.15, -0.1) is 11.3 Å². The van der Waals surface area contributed by atoms with Crippen molar-refractivity contribution < 1.29 is 9.63 Å². The van der Waals surface area contributed by atoms with Crippen LogP contribution in [0.3, 0.4) is 0 Å². The number of nitrogens with one attached hydrogen (secondary N) is 1. The van der Waals surface area contributed by atoms with Crippen molar-refractivity contribution in [3.05, 3.63) is 15.6 Å². The summed E-state index contributed by atoms with van der Waals surface area (Å²) in [5.41, 5.74) is 1.73. The van der Waals surface area contributed by atoms with Crippen LogP contribution in [0.2, 0.25) is 0 Å². The fourth-order valence-corrected chi connectivity index (χ4v) is 3.82. The van der Waals surface area contributed by atoms with Crippen LogP contribution in [-0.4, -0.2) is 29.3 Å². The topological polar surface area (TPSA) is 63.6 Å². The smallest absolute Gasteiger partial charge is 0.260 e. The van der Waals surface area contributed by atoms with Crippen molar-refractivity contribution in [3.8, 4) is 0 Å². The van der Waals surface area contributed by atoms with Gasteiger partial charge < -0.3 is 10.2 Å². The van der Waals surface area contributed by atoms with Gasteiger partial charge in [0.05, 0.1) is 21.3 Å². The zero-order chi connectivity index (χ0) is 16.7. The number of carbonyl (C=O) groups is 1. The SMILES string of the molecule is CC(=NOCC(=O)NC1CCCCCCC1)c1sc(C)nc1C. The molecule has 1 N–H and O–H groups in total. The molecular weight excluding hydrogens is 310 g/mol. The van der Waals surface area contributed by atoms with E-state index >= 15 is 0 Å². The summed E-state index contributed by atoms with van der Waals surface area (Å²) in [6, 6.07) is 0.294. The Bertz CT molecular complexity index is 546. The Kier molecular flexibility index (Phi) is 7.02. The van der Waals surface area contributed by atoms with Crippen LogP contribution in [0.1, 0.15) is 67.4 Å². The molecule has 0 atom stereocenters. The molecule has 1 aromatic heterocycles. The number of nitrogens with zero attached hydrogens (tertiary/aromatic N) is 2. The molecule has 1 heterocycles. The predicted molar refractivity (Wildman–Crippen MR) is 94.0 cm³/mol. The average molecular weight is 337 g/mol. The monoisotopic (exact) mass is 337 g/mol. The quantitative estimate of drug-likeness (QED) is 0.658. The van der Waals surface area contributed by atoms with Crippen molar-refractivity contribution in [1.29, 1.82) is 0 Å². The molecule has 0 bridgehead atoms. The molecule has 23 heavy (non-hydrogen) atoms. The van der Waals surface area contributed by atoms with Crippen molar-refractivity contribution >= 4 is 23.0 Å². The molecular formula is C17H27N3O2S. The van der Waals surface area contributed by atoms with E-state index in [1.165, 1.54) is 32.1 Å². The number of aromatic nitrogens is 1. The standard InChI is InChI=1S/C17H27N3O2S/c1-12-17(23-14(3)18-12)13(2)20-22-11-16(21)19-15-9-7-5-4-6-8-10-15/h15H,4-11H2,1-3H3,(H,19,21). The Morgan fingerprint density at radius 2 is 1.91 bits per heavy atom. The first-order chi connectivity index (χ1) is 11.1. The molecule has 0 unspecified atom stereocenters. The van der Waals surface area contributed by atoms with Gasteiger partial charge in [0.1, 0.15) is 0 Å². The molecule has 2 rings (SSSR count). The van der Waals surface area contributed by atoms with Crippen molar-refractivity contribution in [2.24, 2.45) is 5.16 Å². The summed E-state index contributed by atoms with van der Waals surface area (Å²) < 4.78 is 0. The molecule has 5 nitrogen and oxygen atoms in total. The Morgan fingerprint density at radius 3 is 2.52 bits per heavy atom. The minimum atomic E-state index is -0.0793. The number of thiazole rings is 1. The number of oxime groups is 1. The van der Waals surface area contributed by atoms with Gasteiger partial charge in [-0.3, -0.25) is 4.79 Å². The van der Waals surface area contributed by atoms with Crippen molar-refractivity contribution in [2.75, 3.05) is 6.61 Å². The van der Waals surface area contributed by atoms with E-state index in [-0.39, 0.29) is 12.5 Å². The highest BCUT2D eigenvalue weighted by molar-refractivity contribution is 7.13. The van der Waals surface area contributed by atoms with Crippen LogP contribution < -0.4 is 5.32 Å². The highest BCUT2D eigenvalue weighted by Crippen LogP contribution is 2.18. The Labute approximate surface area is 142 Å². The van der Waals surface area contributed by atoms with E-state index < -0.39 is 0 Å². The highest BCUT2D eigenvalue weighted by atomic mass is 32.1. The second kappa shape index (κ2) is 9.01. The van der Waals surface area contributed by atoms with E-state index in [0.29, 0.717) is 6.04 Å². The van der Waals surface area contributed by atoms with Gasteiger partial charge in [-0.05, 0) is 33.6 Å². The van der Waals surface area contributed by atoms with Crippen LogP contribution in [0.15, 0.2) is 5.16 Å². The molecule has 0 saturated heterocycles. The third kappa shape index (κ3) is 5.94. The summed E-state index contributed by atoms with van der Waals surface area (Å²) in [5, 5.41) is 8.14. The van der Waals surface area contributed by atoms with Gasteiger partial charge in [0.25, 0.3) is 5.91 Å². The lowest BCUT2D eigenvalue weighted by atomic mass is 9.97. The van der Waals surface area contributed by atoms with E-state index in [4.69, 9.17) is 4.84 Å². The van der Waals surface area contributed by atoms with Gasteiger partial charge in [0, 0.05) is 6.04 Å². The highest BCUT2D eigenvalue weighted by Gasteiger charge is 2.14. The summed E-state index contributed by atoms with van der Waals surface area (Å²) in [6.07, 6.45) is 8.44. The second-order valence-electron chi connectivity index (χ2n) is 6.21. The number of hydrogen-bond acceptors (Lipinski definition) is 5. The lowest BCUT2D eigenvalue weighted by Crippen LogP contribution is -2.37. The van der Waals surface area contributed by atoms with Crippen LogP contribution in [0.5, 0.6) is 0 Å². The van der Waals surface area contributed by atoms with E-state index in [0.717, 1.165) is 34.1 Å². The molecule has 1 amide bonds. The van der Waals surface area contributed by atoms with Gasteiger partial charge in [0.15, 0.2) is 6.61 Å². The Balaban J connectivity index is 1.77. The number of hydrogen-bond donors (Lipinski definition) is 1. The molecule has 6 heteroatoms. The van der Waals surface area contributed by atoms with Crippen LogP contribution >= 0.6 is 11.3 Å². The molecule has 0 spiro atoms. The molecule has 1 saturated carbocycles. The minimum absolute atomic E-state index is 0.0231. The lowest BCUT2D eigenvalue weighted by molar-refractivity contribution is -0.126. The summed E-state index contributed by atoms with van der Waals surface area (Å²) >= 11 is 1.59. The molecule has 0 aliphatic heterocycles. The van der Waals surface area contributed by atoms with Gasteiger partial charge in [-0.1, -0.05) is 37.3 Å². The third-order valence-electron chi connectivity index (χ3n) is 4.10. The maximum Gasteiger partial charge on any atom is 0.260 e. The maximum absolute atomic E-state index is 12.0. The average Bonchev–Trinajstić information content (AvgIpc) is 2.80. The maximum atomic E-state index is 12.0. The van der Waals surface area contributed by atoms with Gasteiger partial charge in [0.2, 0.25) is 0 Å². The number of aryl methyl sites for hydroxylation is 2. The van der Waals surface area contributed by atoms with E-state index in [1.54, 1.807) is 11.3 Å². The summed E-state index contributed by atoms with van der Waals surface area (Å²) in [5.74, 6) is -0.0793. The molecule has 1 fully saturated rings. The van der Waals surface area contributed by atoms with E-state index in [1.807, 2.05) is 20.8 Å². The summed E-state index contributed by atoms with van der Waals surface area (Å²) in [4.78, 5) is 22.6. The molecule has 1 aliphatic rings. The van der Waals surface area contributed by atoms with Crippen LogP contribution in [0.25, 0.3) is 0 Å². The first kappa shape index (κ1) is 17.9. The van der Waals surface area contributed by atoms with E-state index in [9.17, 15) is 4.79 Å². The fraction of sp³-hybridized carbons (Fsp3) is 0.706. The first-order valence-electron chi connectivity index (χ1n) is 8.46. The minimum Gasteiger partial charge on any atom is -0.385 e. The first-order valence-corrected chi connectivity index (χ1v) is 9.28. The largest absolute Gasteiger partial charge is 0.385 e. The predicted octanol–water partition coefficient (Wildman–Crippen LogP) is 3.73. The summed E-state index contributed by atoms with van der Waals surface area (Å²) in [6.45, 7) is 5.79. The summed E-state index contributed by atoms with van der Waals surface area (Å²) in [7, 11) is 0. The van der Waals surface area contributed by atoms with Gasteiger partial charge >= 0.3 is 0 Å².